The van der Waals surface area contributed by atoms with Crippen molar-refractivity contribution in [1.82, 2.24) is 4.90 Å². The minimum Gasteiger partial charge on any atom is -0.497 e. The van der Waals surface area contributed by atoms with Gasteiger partial charge in [-0.15, -0.1) is 0 Å². The first-order valence-corrected chi connectivity index (χ1v) is 7.06. The van der Waals surface area contributed by atoms with Crippen molar-refractivity contribution < 1.29 is 9.85 Å². The van der Waals surface area contributed by atoms with E-state index in [1.54, 1.807) is 7.11 Å². The Morgan fingerprint density at radius 1 is 1.47 bits per heavy atom. The Labute approximate surface area is 117 Å². The molecule has 2 rings (SSSR count). The van der Waals surface area contributed by atoms with Crippen LogP contribution in [-0.4, -0.2) is 39.2 Å². The van der Waals surface area contributed by atoms with Gasteiger partial charge in [0, 0.05) is 12.5 Å². The molecule has 0 heterocycles. The van der Waals surface area contributed by atoms with Gasteiger partial charge in [-0.2, -0.15) is 0 Å². The maximum Gasteiger partial charge on any atom is 0.211 e. The first-order chi connectivity index (χ1) is 9.62. The number of benzene rings is 1. The standard InChI is InChI=1S/C16H25NO2/c1-17(2)12-14-7-4-5-10-16(14,18)13-8-6-9-15(11-13)19-3/h6,8-9,11,14,18H,4-5,7,10,12H2,1-3H3/t14-,16+/m0/s1/i18D. The fraction of sp³-hybridized carbons (Fsp3) is 0.625. The Kier molecular flexibility index (Phi) is 4.04. The molecule has 0 saturated heterocycles. The highest BCUT2D eigenvalue weighted by Gasteiger charge is 2.40. The average Bonchev–Trinajstić information content (AvgIpc) is 2.47. The molecule has 0 spiro atoms. The summed E-state index contributed by atoms with van der Waals surface area (Å²) in [5.41, 5.74) is 0.565. The summed E-state index contributed by atoms with van der Waals surface area (Å²) in [6.07, 6.45) is 4.34. The van der Waals surface area contributed by atoms with Crippen LogP contribution in [0.25, 0.3) is 0 Å². The molecule has 0 radical (unpaired) electrons. The van der Waals surface area contributed by atoms with Gasteiger partial charge in [0.2, 0.25) is 1.43 Å². The molecule has 1 fully saturated rings. The van der Waals surface area contributed by atoms with Crippen LogP contribution in [0.4, 0.5) is 0 Å². The van der Waals surface area contributed by atoms with Crippen LogP contribution in [0.3, 0.4) is 0 Å². The minimum atomic E-state index is -0.503. The molecule has 3 nitrogen and oxygen atoms in total. The lowest BCUT2D eigenvalue weighted by atomic mass is 9.71. The highest BCUT2D eigenvalue weighted by Crippen LogP contribution is 2.42. The van der Waals surface area contributed by atoms with Crippen LogP contribution in [0.1, 0.15) is 31.2 Å². The van der Waals surface area contributed by atoms with Gasteiger partial charge in [-0.3, -0.25) is 0 Å². The zero-order valence-electron chi connectivity index (χ0n) is 13.2. The first kappa shape index (κ1) is 12.9. The molecule has 19 heavy (non-hydrogen) atoms. The number of hydrogen-bond acceptors (Lipinski definition) is 3. The Morgan fingerprint density at radius 3 is 3.00 bits per heavy atom. The highest BCUT2D eigenvalue weighted by atomic mass is 16.5. The van der Waals surface area contributed by atoms with Crippen molar-refractivity contribution in [3.63, 3.8) is 0 Å². The van der Waals surface area contributed by atoms with Crippen molar-refractivity contribution >= 4 is 0 Å². The lowest BCUT2D eigenvalue weighted by Crippen LogP contribution is -2.43. The van der Waals surface area contributed by atoms with Gasteiger partial charge in [-0.05, 0) is 44.6 Å². The molecule has 1 aliphatic rings. The van der Waals surface area contributed by atoms with Crippen LogP contribution >= 0.6 is 0 Å². The Bertz CT molecular complexity index is 438. The van der Waals surface area contributed by atoms with E-state index in [0.717, 1.165) is 37.1 Å². The van der Waals surface area contributed by atoms with Crippen molar-refractivity contribution in [2.75, 3.05) is 27.7 Å². The van der Waals surface area contributed by atoms with Gasteiger partial charge in [0.1, 0.15) is 5.75 Å². The fourth-order valence-electron chi connectivity index (χ4n) is 3.16. The van der Waals surface area contributed by atoms with E-state index in [1.807, 2.05) is 18.2 Å². The highest BCUT2D eigenvalue weighted by molar-refractivity contribution is 5.33. The van der Waals surface area contributed by atoms with E-state index < -0.39 is 5.60 Å². The lowest BCUT2D eigenvalue weighted by molar-refractivity contribution is -0.0619. The molecule has 1 aromatic carbocycles. The fourth-order valence-corrected chi connectivity index (χ4v) is 3.16. The van der Waals surface area contributed by atoms with E-state index in [9.17, 15) is 0 Å². The van der Waals surface area contributed by atoms with Gasteiger partial charge in [-0.25, -0.2) is 0 Å². The van der Waals surface area contributed by atoms with Crippen molar-refractivity contribution in [3.05, 3.63) is 29.8 Å². The maximum absolute atomic E-state index is 7.73. The molecule has 1 aromatic rings. The van der Waals surface area contributed by atoms with E-state index in [4.69, 9.17) is 11.3 Å². The van der Waals surface area contributed by atoms with Crippen molar-refractivity contribution in [2.45, 2.75) is 31.3 Å². The van der Waals surface area contributed by atoms with Crippen LogP contribution in [-0.2, 0) is 5.60 Å². The van der Waals surface area contributed by atoms with Gasteiger partial charge in [-0.1, -0.05) is 25.0 Å². The summed E-state index contributed by atoms with van der Waals surface area (Å²) in [6, 6.07) is 7.99. The molecule has 0 bridgehead atoms. The second kappa shape index (κ2) is 5.93. The number of hydrogen-bond donors (Lipinski definition) is 1. The summed E-state index contributed by atoms with van der Waals surface area (Å²) >= 11 is 0. The second-order valence-electron chi connectivity index (χ2n) is 5.83. The number of ether oxygens (including phenoxy) is 1. The zero-order valence-corrected chi connectivity index (χ0v) is 12.2. The Balaban J connectivity index is 2.37. The number of nitrogens with zero attached hydrogens (tertiary/aromatic N) is 1. The van der Waals surface area contributed by atoms with E-state index in [-0.39, 0.29) is 0 Å². The van der Waals surface area contributed by atoms with Gasteiger partial charge in [0.25, 0.3) is 0 Å². The van der Waals surface area contributed by atoms with Crippen molar-refractivity contribution in [2.24, 2.45) is 5.92 Å². The van der Waals surface area contributed by atoms with E-state index in [1.165, 1.54) is 6.42 Å². The number of rotatable bonds is 5. The van der Waals surface area contributed by atoms with E-state index >= 15 is 0 Å². The molecule has 1 aliphatic carbocycles. The molecule has 0 unspecified atom stereocenters. The van der Waals surface area contributed by atoms with Gasteiger partial charge in [0.15, 0.2) is 0 Å². The number of methoxy groups -OCH3 is 1. The first-order valence-electron chi connectivity index (χ1n) is 7.47. The van der Waals surface area contributed by atoms with Crippen molar-refractivity contribution in [1.29, 1.82) is 1.43 Å². The summed E-state index contributed by atoms with van der Waals surface area (Å²) in [5.74, 6) is 1.17. The number of aliphatic hydroxyl groups is 1. The topological polar surface area (TPSA) is 32.7 Å². The molecular formula is C16H25NO2. The average molecular weight is 264 g/mol. The third-order valence-corrected chi connectivity index (χ3v) is 4.15. The summed E-state index contributed by atoms with van der Waals surface area (Å²) < 4.78 is 13.0. The monoisotopic (exact) mass is 264 g/mol. The molecule has 1 saturated carbocycles. The van der Waals surface area contributed by atoms with Crippen LogP contribution in [0.15, 0.2) is 24.3 Å². The molecular weight excluding hydrogens is 238 g/mol. The third-order valence-electron chi connectivity index (χ3n) is 4.15. The normalized spacial score (nSPS) is 28.2. The molecule has 1 N–H and O–H groups in total. The predicted octanol–water partition coefficient (Wildman–Crippen LogP) is 2.63. The van der Waals surface area contributed by atoms with Crippen LogP contribution < -0.4 is 4.74 Å². The van der Waals surface area contributed by atoms with E-state index in [2.05, 4.69) is 25.1 Å². The quantitative estimate of drug-likeness (QED) is 0.887. The van der Waals surface area contributed by atoms with E-state index in [0.29, 0.717) is 5.92 Å². The van der Waals surface area contributed by atoms with Crippen LogP contribution in [0, 0.1) is 5.92 Å². The summed E-state index contributed by atoms with van der Waals surface area (Å²) in [7, 11) is 5.83. The predicted molar refractivity (Wildman–Crippen MR) is 77.4 cm³/mol. The van der Waals surface area contributed by atoms with Gasteiger partial charge >= 0.3 is 0 Å². The van der Waals surface area contributed by atoms with Crippen LogP contribution in [0.2, 0.25) is 0 Å². The van der Waals surface area contributed by atoms with Gasteiger partial charge in [0.05, 0.1) is 12.7 Å². The maximum atomic E-state index is 7.73. The zero-order chi connectivity index (χ0) is 14.6. The summed E-state index contributed by atoms with van der Waals surface area (Å²) in [6.45, 7) is 0.941. The lowest BCUT2D eigenvalue weighted by Gasteiger charge is -2.41. The van der Waals surface area contributed by atoms with Crippen LogP contribution in [0.5, 0.6) is 5.75 Å². The Morgan fingerprint density at radius 2 is 2.32 bits per heavy atom. The van der Waals surface area contributed by atoms with Gasteiger partial charge < -0.3 is 14.7 Å². The molecule has 0 amide bonds. The third kappa shape index (κ3) is 3.10. The Hall–Kier alpha value is -1.06. The largest absolute Gasteiger partial charge is 0.497 e. The molecule has 2 atom stereocenters. The smallest absolute Gasteiger partial charge is 0.211 e. The SMILES string of the molecule is [2H]O[C@@]1(c2cccc(OC)c2)CCCC[C@H]1CN(C)C. The molecule has 0 aromatic heterocycles. The second-order valence-corrected chi connectivity index (χ2v) is 5.83. The summed E-state index contributed by atoms with van der Waals surface area (Å²) in [5, 5.41) is 5.35. The minimum absolute atomic E-state index is 0.343. The molecule has 0 aliphatic heterocycles. The molecule has 106 valence electrons. The molecule has 3 heteroatoms. The van der Waals surface area contributed by atoms with Crippen molar-refractivity contribution in [3.8, 4) is 5.75 Å². The summed E-state index contributed by atoms with van der Waals surface area (Å²) in [4.78, 5) is 2.18.